The Bertz CT molecular complexity index is 870. The summed E-state index contributed by atoms with van der Waals surface area (Å²) in [5.41, 5.74) is -0.533. The van der Waals surface area contributed by atoms with Gasteiger partial charge < -0.3 is 5.32 Å². The molecule has 1 N–H and O–H groups in total. The fraction of sp³-hybridized carbons (Fsp3) is 0.0667. The van der Waals surface area contributed by atoms with Crippen LogP contribution in [0.5, 0.6) is 0 Å². The van der Waals surface area contributed by atoms with Crippen molar-refractivity contribution in [1.82, 2.24) is 5.32 Å². The maximum absolute atomic E-state index is 13.4. The molecule has 0 saturated carbocycles. The molecule has 1 saturated heterocycles. The summed E-state index contributed by atoms with van der Waals surface area (Å²) >= 11 is 7.27. The Morgan fingerprint density at radius 1 is 1.17 bits per heavy atom. The van der Waals surface area contributed by atoms with Gasteiger partial charge in [-0.3, -0.25) is 4.79 Å². The van der Waals surface area contributed by atoms with Gasteiger partial charge in [0.25, 0.3) is 5.91 Å². The Morgan fingerprint density at radius 2 is 1.92 bits per heavy atom. The zero-order valence-electron chi connectivity index (χ0n) is 11.6. The van der Waals surface area contributed by atoms with Gasteiger partial charge in [0, 0.05) is 4.88 Å². The molecular weight excluding hydrogens is 382 g/mol. The van der Waals surface area contributed by atoms with Gasteiger partial charge in [0.05, 0.1) is 10.5 Å². The summed E-state index contributed by atoms with van der Waals surface area (Å²) < 4.78 is 52.1. The van der Waals surface area contributed by atoms with Crippen molar-refractivity contribution >= 4 is 51.6 Å². The van der Waals surface area contributed by atoms with Crippen molar-refractivity contribution in [2.24, 2.45) is 0 Å². The van der Waals surface area contributed by atoms with Crippen molar-refractivity contribution in [3.05, 3.63) is 50.8 Å². The Kier molecular flexibility index (Phi) is 4.50. The van der Waals surface area contributed by atoms with Crippen LogP contribution in [0.2, 0.25) is 0 Å². The number of rotatable bonds is 2. The topological polar surface area (TPSA) is 29.1 Å². The second-order valence-corrected chi connectivity index (χ2v) is 7.44. The number of thiocarbonyl (C=S) groups is 1. The SMILES string of the molecule is O=C1NC(=S)SC1=Cc1cc(-c2ccc(F)c(C(F)(F)F)c2)cs1. The molecular formula is C15H7F4NOS3. The number of thiophene rings is 1. The van der Waals surface area contributed by atoms with E-state index in [-0.39, 0.29) is 11.5 Å². The Morgan fingerprint density at radius 3 is 2.54 bits per heavy atom. The van der Waals surface area contributed by atoms with Crippen LogP contribution in [-0.4, -0.2) is 10.2 Å². The second kappa shape index (κ2) is 6.30. The van der Waals surface area contributed by atoms with E-state index in [4.69, 9.17) is 12.2 Å². The van der Waals surface area contributed by atoms with Crippen molar-refractivity contribution in [1.29, 1.82) is 0 Å². The highest BCUT2D eigenvalue weighted by Crippen LogP contribution is 2.36. The van der Waals surface area contributed by atoms with Gasteiger partial charge in [0.2, 0.25) is 0 Å². The highest BCUT2D eigenvalue weighted by atomic mass is 32.2. The van der Waals surface area contributed by atoms with Crippen LogP contribution in [-0.2, 0) is 11.0 Å². The lowest BCUT2D eigenvalue weighted by molar-refractivity contribution is -0.139. The summed E-state index contributed by atoms with van der Waals surface area (Å²) in [5.74, 6) is -1.61. The lowest BCUT2D eigenvalue weighted by Crippen LogP contribution is -2.17. The summed E-state index contributed by atoms with van der Waals surface area (Å²) in [6, 6.07) is 4.50. The molecule has 2 aromatic rings. The lowest BCUT2D eigenvalue weighted by Gasteiger charge is -2.09. The van der Waals surface area contributed by atoms with Gasteiger partial charge in [-0.05, 0) is 40.8 Å². The maximum atomic E-state index is 13.4. The Hall–Kier alpha value is -1.71. The number of benzene rings is 1. The summed E-state index contributed by atoms with van der Waals surface area (Å²) in [5, 5.41) is 4.13. The molecule has 2 heterocycles. The summed E-state index contributed by atoms with van der Waals surface area (Å²) in [6.45, 7) is 0. The minimum absolute atomic E-state index is 0.253. The van der Waals surface area contributed by atoms with Crippen molar-refractivity contribution in [3.8, 4) is 11.1 Å². The van der Waals surface area contributed by atoms with E-state index in [1.807, 2.05) is 0 Å². The number of thioether (sulfide) groups is 1. The second-order valence-electron chi connectivity index (χ2n) is 4.78. The molecule has 0 bridgehead atoms. The smallest absolute Gasteiger partial charge is 0.307 e. The van der Waals surface area contributed by atoms with E-state index in [2.05, 4.69) is 5.32 Å². The number of halogens is 4. The van der Waals surface area contributed by atoms with Crippen LogP contribution in [0.3, 0.4) is 0 Å². The zero-order valence-corrected chi connectivity index (χ0v) is 14.1. The highest BCUT2D eigenvalue weighted by molar-refractivity contribution is 8.26. The third-order valence-corrected chi connectivity index (χ3v) is 5.18. The molecule has 1 amide bonds. The summed E-state index contributed by atoms with van der Waals surface area (Å²) in [4.78, 5) is 12.7. The van der Waals surface area contributed by atoms with Crippen LogP contribution in [0, 0.1) is 5.82 Å². The average molecular weight is 389 g/mol. The molecule has 0 unspecified atom stereocenters. The van der Waals surface area contributed by atoms with E-state index < -0.39 is 17.6 Å². The van der Waals surface area contributed by atoms with Crippen LogP contribution in [0.15, 0.2) is 34.6 Å². The van der Waals surface area contributed by atoms with E-state index in [0.29, 0.717) is 19.7 Å². The van der Waals surface area contributed by atoms with Crippen molar-refractivity contribution < 1.29 is 22.4 Å². The zero-order chi connectivity index (χ0) is 17.5. The van der Waals surface area contributed by atoms with E-state index in [1.165, 1.54) is 17.4 Å². The molecule has 0 atom stereocenters. The lowest BCUT2D eigenvalue weighted by atomic mass is 10.0. The number of nitrogens with one attached hydrogen (secondary N) is 1. The van der Waals surface area contributed by atoms with E-state index >= 15 is 0 Å². The molecule has 1 aromatic carbocycles. The van der Waals surface area contributed by atoms with E-state index in [1.54, 1.807) is 17.5 Å². The molecule has 124 valence electrons. The minimum Gasteiger partial charge on any atom is -0.307 e. The summed E-state index contributed by atoms with van der Waals surface area (Å²) in [7, 11) is 0. The first-order valence-corrected chi connectivity index (χ1v) is 8.55. The third kappa shape index (κ3) is 3.52. The van der Waals surface area contributed by atoms with Gasteiger partial charge in [-0.1, -0.05) is 30.0 Å². The van der Waals surface area contributed by atoms with Gasteiger partial charge in [-0.2, -0.15) is 13.2 Å². The first-order chi connectivity index (χ1) is 11.2. The minimum atomic E-state index is -4.75. The maximum Gasteiger partial charge on any atom is 0.419 e. The first kappa shape index (κ1) is 17.1. The first-order valence-electron chi connectivity index (χ1n) is 6.44. The predicted octanol–water partition coefficient (Wildman–Crippen LogP) is 5.06. The van der Waals surface area contributed by atoms with Gasteiger partial charge >= 0.3 is 6.18 Å². The van der Waals surface area contributed by atoms with E-state index in [9.17, 15) is 22.4 Å². The standard InChI is InChI=1S/C15H7F4NOS3/c16-11-2-1-7(4-10(11)15(17,18)19)8-3-9(23-6-8)5-12-13(21)20-14(22)24-12/h1-6H,(H,20,21,22). The molecule has 3 rings (SSSR count). The molecule has 1 aliphatic heterocycles. The molecule has 1 aliphatic rings. The molecule has 0 aliphatic carbocycles. The fourth-order valence-electron chi connectivity index (χ4n) is 2.05. The van der Waals surface area contributed by atoms with E-state index in [0.717, 1.165) is 23.9 Å². The van der Waals surface area contributed by atoms with Crippen LogP contribution in [0.25, 0.3) is 17.2 Å². The molecule has 24 heavy (non-hydrogen) atoms. The number of hydrogen-bond acceptors (Lipinski definition) is 4. The molecule has 9 heteroatoms. The monoisotopic (exact) mass is 389 g/mol. The van der Waals surface area contributed by atoms with Gasteiger partial charge in [-0.25, -0.2) is 4.39 Å². The van der Waals surface area contributed by atoms with Crippen molar-refractivity contribution in [2.75, 3.05) is 0 Å². The number of carbonyl (C=O) groups is 1. The quantitative estimate of drug-likeness (QED) is 0.442. The molecule has 1 fully saturated rings. The fourth-order valence-corrected chi connectivity index (χ4v) is 4.01. The van der Waals surface area contributed by atoms with Crippen LogP contribution in [0.4, 0.5) is 17.6 Å². The largest absolute Gasteiger partial charge is 0.419 e. The average Bonchev–Trinajstić information content (AvgIpc) is 3.06. The Balaban J connectivity index is 1.93. The predicted molar refractivity (Wildman–Crippen MR) is 91.0 cm³/mol. The molecule has 0 radical (unpaired) electrons. The number of hydrogen-bond donors (Lipinski definition) is 1. The van der Waals surface area contributed by atoms with Gasteiger partial charge in [-0.15, -0.1) is 11.3 Å². The van der Waals surface area contributed by atoms with Crippen LogP contribution < -0.4 is 5.32 Å². The third-order valence-electron chi connectivity index (χ3n) is 3.14. The van der Waals surface area contributed by atoms with Gasteiger partial charge in [0.1, 0.15) is 10.1 Å². The van der Waals surface area contributed by atoms with Crippen molar-refractivity contribution in [2.45, 2.75) is 6.18 Å². The molecule has 0 spiro atoms. The number of carbonyl (C=O) groups excluding carboxylic acids is 1. The highest BCUT2D eigenvalue weighted by Gasteiger charge is 2.34. The Labute approximate surface area is 147 Å². The number of amides is 1. The van der Waals surface area contributed by atoms with Crippen LogP contribution in [0.1, 0.15) is 10.4 Å². The van der Waals surface area contributed by atoms with Gasteiger partial charge in [0.15, 0.2) is 0 Å². The molecule has 1 aromatic heterocycles. The van der Waals surface area contributed by atoms with Crippen molar-refractivity contribution in [3.63, 3.8) is 0 Å². The normalized spacial score (nSPS) is 16.8. The van der Waals surface area contributed by atoms with Crippen LogP contribution >= 0.6 is 35.3 Å². The number of alkyl halides is 3. The molecule has 2 nitrogen and oxygen atoms in total. The summed E-state index contributed by atoms with van der Waals surface area (Å²) in [6.07, 6.45) is -3.14.